The monoisotopic (exact) mass is 285 g/mol. The Morgan fingerprint density at radius 3 is 2.58 bits per heavy atom. The largest absolute Gasteiger partial charge is 0.336 e. The van der Waals surface area contributed by atoms with E-state index in [0.717, 1.165) is 19.6 Å². The van der Waals surface area contributed by atoms with E-state index < -0.39 is 5.82 Å². The number of nitrogens with zero attached hydrogens (tertiary/aromatic N) is 2. The third-order valence-electron chi connectivity index (χ3n) is 3.27. The maximum absolute atomic E-state index is 13.7. The fourth-order valence-corrected chi connectivity index (χ4v) is 2.35. The molecule has 1 aromatic carbocycles. The molecule has 0 radical (unpaired) electrons. The molecule has 1 saturated heterocycles. The van der Waals surface area contributed by atoms with Crippen LogP contribution in [0.15, 0.2) is 18.2 Å². The fraction of sp³-hybridized carbons (Fsp3) is 0.462. The molecular weight excluding hydrogens is 269 g/mol. The molecule has 2 N–H and O–H groups in total. The van der Waals surface area contributed by atoms with Crippen LogP contribution in [0.25, 0.3) is 0 Å². The maximum atomic E-state index is 13.7. The average Bonchev–Trinajstić information content (AvgIpc) is 2.39. The minimum absolute atomic E-state index is 0.0803. The van der Waals surface area contributed by atoms with Crippen LogP contribution in [0.5, 0.6) is 0 Å². The van der Waals surface area contributed by atoms with Crippen molar-refractivity contribution in [3.05, 3.63) is 34.6 Å². The van der Waals surface area contributed by atoms with Crippen molar-refractivity contribution in [2.45, 2.75) is 0 Å². The maximum Gasteiger partial charge on any atom is 0.256 e. The van der Waals surface area contributed by atoms with Crippen molar-refractivity contribution >= 4 is 17.5 Å². The molecule has 0 aromatic heterocycles. The number of nitrogens with two attached hydrogens (primary N) is 1. The zero-order valence-electron chi connectivity index (χ0n) is 10.6. The summed E-state index contributed by atoms with van der Waals surface area (Å²) in [5.41, 5.74) is 5.57. The zero-order chi connectivity index (χ0) is 13.8. The summed E-state index contributed by atoms with van der Waals surface area (Å²) in [6, 6.07) is 4.13. The first kappa shape index (κ1) is 14.2. The minimum atomic E-state index is -0.568. The van der Waals surface area contributed by atoms with Crippen LogP contribution in [0.4, 0.5) is 4.39 Å². The van der Waals surface area contributed by atoms with Crippen LogP contribution < -0.4 is 5.73 Å². The number of halogens is 2. The molecule has 19 heavy (non-hydrogen) atoms. The van der Waals surface area contributed by atoms with E-state index in [1.54, 1.807) is 4.90 Å². The second kappa shape index (κ2) is 6.32. The van der Waals surface area contributed by atoms with Crippen molar-refractivity contribution < 1.29 is 9.18 Å². The topological polar surface area (TPSA) is 49.6 Å². The van der Waals surface area contributed by atoms with E-state index >= 15 is 0 Å². The Hall–Kier alpha value is -1.17. The third-order valence-corrected chi connectivity index (χ3v) is 3.50. The van der Waals surface area contributed by atoms with Crippen LogP contribution >= 0.6 is 11.6 Å². The molecule has 4 nitrogen and oxygen atoms in total. The molecule has 1 aliphatic heterocycles. The van der Waals surface area contributed by atoms with Crippen molar-refractivity contribution in [1.29, 1.82) is 0 Å². The van der Waals surface area contributed by atoms with Crippen molar-refractivity contribution in [3.63, 3.8) is 0 Å². The molecule has 1 fully saturated rings. The number of amides is 1. The Balaban J connectivity index is 2.01. The molecule has 0 bridgehead atoms. The van der Waals surface area contributed by atoms with Gasteiger partial charge in [0.1, 0.15) is 5.82 Å². The molecule has 0 aliphatic carbocycles. The van der Waals surface area contributed by atoms with E-state index in [-0.39, 0.29) is 11.5 Å². The Morgan fingerprint density at radius 1 is 1.32 bits per heavy atom. The van der Waals surface area contributed by atoms with E-state index in [1.165, 1.54) is 18.2 Å². The van der Waals surface area contributed by atoms with Gasteiger partial charge in [0, 0.05) is 44.3 Å². The molecule has 1 amide bonds. The summed E-state index contributed by atoms with van der Waals surface area (Å²) in [4.78, 5) is 16.1. The van der Waals surface area contributed by atoms with Gasteiger partial charge in [-0.2, -0.15) is 0 Å². The standard InChI is InChI=1S/C13H17ClFN3O/c14-10-1-2-11(12(15)9-10)13(19)18-7-5-17(4-3-16)6-8-18/h1-2,9H,3-8,16H2. The summed E-state index contributed by atoms with van der Waals surface area (Å²) in [6.07, 6.45) is 0. The number of hydrogen-bond donors (Lipinski definition) is 1. The number of hydrogen-bond acceptors (Lipinski definition) is 3. The van der Waals surface area contributed by atoms with Crippen LogP contribution in [0.3, 0.4) is 0 Å². The zero-order valence-corrected chi connectivity index (χ0v) is 11.4. The molecule has 0 unspecified atom stereocenters. The molecule has 0 saturated carbocycles. The van der Waals surface area contributed by atoms with Gasteiger partial charge in [0.15, 0.2) is 0 Å². The van der Waals surface area contributed by atoms with Crippen molar-refractivity contribution in [3.8, 4) is 0 Å². The average molecular weight is 286 g/mol. The molecule has 1 heterocycles. The van der Waals surface area contributed by atoms with Crippen LogP contribution in [-0.2, 0) is 0 Å². The van der Waals surface area contributed by atoms with Crippen molar-refractivity contribution in [2.24, 2.45) is 5.73 Å². The van der Waals surface area contributed by atoms with Gasteiger partial charge in [0.25, 0.3) is 5.91 Å². The van der Waals surface area contributed by atoms with Crippen molar-refractivity contribution in [2.75, 3.05) is 39.3 Å². The summed E-state index contributed by atoms with van der Waals surface area (Å²) in [5, 5.41) is 0.293. The quantitative estimate of drug-likeness (QED) is 0.908. The second-order valence-electron chi connectivity index (χ2n) is 4.55. The van der Waals surface area contributed by atoms with Gasteiger partial charge < -0.3 is 10.6 Å². The highest BCUT2D eigenvalue weighted by atomic mass is 35.5. The summed E-state index contributed by atoms with van der Waals surface area (Å²) in [6.45, 7) is 4.19. The Labute approximate surface area is 116 Å². The van der Waals surface area contributed by atoms with Gasteiger partial charge in [-0.15, -0.1) is 0 Å². The number of rotatable bonds is 3. The SMILES string of the molecule is NCCN1CCN(C(=O)c2ccc(Cl)cc2F)CC1. The summed E-state index contributed by atoms with van der Waals surface area (Å²) < 4.78 is 13.7. The number of carbonyl (C=O) groups is 1. The van der Waals surface area contributed by atoms with Crippen molar-refractivity contribution in [1.82, 2.24) is 9.80 Å². The van der Waals surface area contributed by atoms with Crippen LogP contribution in [0.2, 0.25) is 5.02 Å². The molecule has 104 valence electrons. The summed E-state index contributed by atoms with van der Waals surface area (Å²) in [5.74, 6) is -0.844. The first-order chi connectivity index (χ1) is 9.11. The first-order valence-corrected chi connectivity index (χ1v) is 6.66. The third kappa shape index (κ3) is 3.43. The second-order valence-corrected chi connectivity index (χ2v) is 4.98. The first-order valence-electron chi connectivity index (χ1n) is 6.28. The van der Waals surface area contributed by atoms with Gasteiger partial charge in [-0.05, 0) is 18.2 Å². The lowest BCUT2D eigenvalue weighted by Crippen LogP contribution is -2.49. The minimum Gasteiger partial charge on any atom is -0.336 e. The molecule has 6 heteroatoms. The number of piperazine rings is 1. The van der Waals surface area contributed by atoms with Crippen LogP contribution in [-0.4, -0.2) is 55.0 Å². The van der Waals surface area contributed by atoms with Gasteiger partial charge in [0.05, 0.1) is 5.56 Å². The van der Waals surface area contributed by atoms with Crippen LogP contribution in [0.1, 0.15) is 10.4 Å². The van der Waals surface area contributed by atoms with E-state index in [4.69, 9.17) is 17.3 Å². The van der Waals surface area contributed by atoms with Gasteiger partial charge in [-0.1, -0.05) is 11.6 Å². The predicted molar refractivity (Wildman–Crippen MR) is 72.8 cm³/mol. The Kier molecular flexibility index (Phi) is 4.74. The number of carbonyl (C=O) groups excluding carboxylic acids is 1. The molecular formula is C13H17ClFN3O. The summed E-state index contributed by atoms with van der Waals surface area (Å²) >= 11 is 5.68. The lowest BCUT2D eigenvalue weighted by molar-refractivity contribution is 0.0636. The number of benzene rings is 1. The van der Waals surface area contributed by atoms with E-state index in [0.29, 0.717) is 24.7 Å². The Bertz CT molecular complexity index is 461. The van der Waals surface area contributed by atoms with Gasteiger partial charge in [-0.25, -0.2) is 4.39 Å². The highest BCUT2D eigenvalue weighted by Gasteiger charge is 2.23. The highest BCUT2D eigenvalue weighted by molar-refractivity contribution is 6.30. The molecule has 0 atom stereocenters. The molecule has 0 spiro atoms. The predicted octanol–water partition coefficient (Wildman–Crippen LogP) is 1.20. The molecule has 2 rings (SSSR count). The normalized spacial score (nSPS) is 16.7. The smallest absolute Gasteiger partial charge is 0.256 e. The Morgan fingerprint density at radius 2 is 2.00 bits per heavy atom. The van der Waals surface area contributed by atoms with E-state index in [2.05, 4.69) is 4.90 Å². The van der Waals surface area contributed by atoms with Gasteiger partial charge in [-0.3, -0.25) is 9.69 Å². The van der Waals surface area contributed by atoms with Gasteiger partial charge >= 0.3 is 0 Å². The fourth-order valence-electron chi connectivity index (χ4n) is 2.19. The molecule has 1 aromatic rings. The van der Waals surface area contributed by atoms with Gasteiger partial charge in [0.2, 0.25) is 0 Å². The van der Waals surface area contributed by atoms with E-state index in [9.17, 15) is 9.18 Å². The van der Waals surface area contributed by atoms with E-state index in [1.807, 2.05) is 0 Å². The lowest BCUT2D eigenvalue weighted by Gasteiger charge is -2.34. The molecule has 1 aliphatic rings. The highest BCUT2D eigenvalue weighted by Crippen LogP contribution is 2.17. The lowest BCUT2D eigenvalue weighted by atomic mass is 10.1. The van der Waals surface area contributed by atoms with Crippen LogP contribution in [0, 0.1) is 5.82 Å². The summed E-state index contributed by atoms with van der Waals surface area (Å²) in [7, 11) is 0.